The molecular formula is C17H17NO3S. The van der Waals surface area contributed by atoms with Crippen molar-refractivity contribution in [3.63, 3.8) is 0 Å². The van der Waals surface area contributed by atoms with Gasteiger partial charge in [0.25, 0.3) is 0 Å². The molecule has 2 aromatic rings. The number of benzene rings is 2. The van der Waals surface area contributed by atoms with Crippen LogP contribution in [0.1, 0.15) is 21.5 Å². The van der Waals surface area contributed by atoms with Crippen LogP contribution >= 0.6 is 0 Å². The second-order valence-corrected chi connectivity index (χ2v) is 7.37. The van der Waals surface area contributed by atoms with Crippen LogP contribution in [0.15, 0.2) is 54.6 Å². The fourth-order valence-electron chi connectivity index (χ4n) is 2.67. The van der Waals surface area contributed by atoms with Crippen LogP contribution in [0.25, 0.3) is 0 Å². The van der Waals surface area contributed by atoms with Crippen molar-refractivity contribution in [1.29, 1.82) is 0 Å². The Labute approximate surface area is 130 Å². The van der Waals surface area contributed by atoms with E-state index >= 15 is 0 Å². The highest BCUT2D eigenvalue weighted by atomic mass is 32.2. The lowest BCUT2D eigenvalue weighted by molar-refractivity contribution is 0.101. The maximum Gasteiger partial charge on any atom is 0.221 e. The number of nitrogens with zero attached hydrogens (tertiary/aromatic N) is 1. The lowest BCUT2D eigenvalue weighted by Gasteiger charge is -2.27. The molecule has 0 amide bonds. The number of fused-ring (bicyclic) bond motifs is 1. The fourth-order valence-corrected chi connectivity index (χ4v) is 4.06. The third kappa shape index (κ3) is 3.10. The molecule has 4 nitrogen and oxygen atoms in total. The summed E-state index contributed by atoms with van der Waals surface area (Å²) in [6, 6.07) is 16.4. The second kappa shape index (κ2) is 6.02. The van der Waals surface area contributed by atoms with Crippen molar-refractivity contribution >= 4 is 15.8 Å². The summed E-state index contributed by atoms with van der Waals surface area (Å²) in [4.78, 5) is 12.1. The zero-order valence-corrected chi connectivity index (χ0v) is 12.9. The lowest BCUT2D eigenvalue weighted by Crippen LogP contribution is -2.39. The van der Waals surface area contributed by atoms with Crippen LogP contribution in [-0.2, 0) is 23.0 Å². The summed E-state index contributed by atoms with van der Waals surface area (Å²) in [7, 11) is -3.59. The average molecular weight is 315 g/mol. The van der Waals surface area contributed by atoms with E-state index in [1.165, 1.54) is 9.87 Å². The third-order valence-corrected chi connectivity index (χ3v) is 5.62. The van der Waals surface area contributed by atoms with E-state index in [-0.39, 0.29) is 5.78 Å². The molecule has 114 valence electrons. The van der Waals surface area contributed by atoms with Crippen molar-refractivity contribution < 1.29 is 13.2 Å². The van der Waals surface area contributed by atoms with Gasteiger partial charge < -0.3 is 0 Å². The van der Waals surface area contributed by atoms with Gasteiger partial charge in [0.1, 0.15) is 5.75 Å². The normalized spacial score (nSPS) is 15.3. The van der Waals surface area contributed by atoms with Crippen LogP contribution in [0.3, 0.4) is 0 Å². The molecule has 1 aliphatic rings. The Bertz CT molecular complexity index is 785. The Hall–Kier alpha value is -1.98. The van der Waals surface area contributed by atoms with Gasteiger partial charge in [-0.2, -0.15) is 4.31 Å². The summed E-state index contributed by atoms with van der Waals surface area (Å²) in [6.45, 7) is 0.780. The monoisotopic (exact) mass is 315 g/mol. The number of carbonyl (C=O) groups excluding carboxylic acids is 1. The predicted molar refractivity (Wildman–Crippen MR) is 85.1 cm³/mol. The Kier molecular flexibility index (Phi) is 4.09. The van der Waals surface area contributed by atoms with Crippen LogP contribution in [0.4, 0.5) is 0 Å². The second-order valence-electron chi connectivity index (χ2n) is 5.40. The van der Waals surface area contributed by atoms with Crippen LogP contribution in [0, 0.1) is 0 Å². The first kappa shape index (κ1) is 14.9. The van der Waals surface area contributed by atoms with Gasteiger partial charge >= 0.3 is 0 Å². The van der Waals surface area contributed by atoms with Gasteiger partial charge in [-0.05, 0) is 17.5 Å². The first-order valence-electron chi connectivity index (χ1n) is 7.19. The third-order valence-electron chi connectivity index (χ3n) is 3.90. The summed E-state index contributed by atoms with van der Waals surface area (Å²) in [5.41, 5.74) is 2.64. The minimum absolute atomic E-state index is 0.348. The molecule has 0 aromatic heterocycles. The zero-order valence-electron chi connectivity index (χ0n) is 12.1. The number of carbonyl (C=O) groups is 1. The highest BCUT2D eigenvalue weighted by Gasteiger charge is 2.28. The lowest BCUT2D eigenvalue weighted by atomic mass is 10.0. The molecule has 0 saturated heterocycles. The highest BCUT2D eigenvalue weighted by Crippen LogP contribution is 2.21. The molecule has 1 heterocycles. The van der Waals surface area contributed by atoms with Gasteiger partial charge in [-0.15, -0.1) is 0 Å². The molecule has 0 aliphatic carbocycles. The molecule has 22 heavy (non-hydrogen) atoms. The van der Waals surface area contributed by atoms with Gasteiger partial charge in [-0.3, -0.25) is 4.79 Å². The molecule has 0 unspecified atom stereocenters. The van der Waals surface area contributed by atoms with Crippen molar-refractivity contribution in [2.24, 2.45) is 0 Å². The molecule has 0 saturated carbocycles. The van der Waals surface area contributed by atoms with E-state index in [0.717, 1.165) is 5.56 Å². The van der Waals surface area contributed by atoms with Crippen LogP contribution in [-0.4, -0.2) is 30.8 Å². The first-order valence-corrected chi connectivity index (χ1v) is 8.80. The van der Waals surface area contributed by atoms with E-state index in [1.54, 1.807) is 30.3 Å². The number of Topliss-reactive ketones (excluding diaryl/α,β-unsaturated/α-hetero) is 1. The van der Waals surface area contributed by atoms with Crippen molar-refractivity contribution in [3.05, 3.63) is 71.3 Å². The number of hydrogen-bond donors (Lipinski definition) is 0. The van der Waals surface area contributed by atoms with Gasteiger partial charge in [0.15, 0.2) is 5.78 Å². The van der Waals surface area contributed by atoms with Crippen molar-refractivity contribution in [2.45, 2.75) is 13.0 Å². The van der Waals surface area contributed by atoms with Crippen LogP contribution in [0.5, 0.6) is 0 Å². The van der Waals surface area contributed by atoms with Gasteiger partial charge in [-0.1, -0.05) is 54.6 Å². The zero-order chi connectivity index (χ0) is 15.6. The molecule has 0 N–H and O–H groups in total. The number of rotatable bonds is 4. The number of hydrogen-bond acceptors (Lipinski definition) is 3. The molecule has 0 spiro atoms. The molecule has 0 radical (unpaired) electrons. The number of ketones is 1. The smallest absolute Gasteiger partial charge is 0.221 e. The summed E-state index contributed by atoms with van der Waals surface area (Å²) < 4.78 is 26.4. The SMILES string of the molecule is O=C(CS(=O)(=O)N1CCc2ccccc2C1)c1ccccc1. The van der Waals surface area contributed by atoms with E-state index in [9.17, 15) is 13.2 Å². The van der Waals surface area contributed by atoms with E-state index in [0.29, 0.717) is 25.1 Å². The van der Waals surface area contributed by atoms with Crippen molar-refractivity contribution in [1.82, 2.24) is 4.31 Å². The van der Waals surface area contributed by atoms with Gasteiger partial charge in [0.2, 0.25) is 10.0 Å². The topological polar surface area (TPSA) is 54.5 Å². The van der Waals surface area contributed by atoms with Crippen LogP contribution in [0.2, 0.25) is 0 Å². The minimum atomic E-state index is -3.59. The number of sulfonamides is 1. The quantitative estimate of drug-likeness (QED) is 0.813. The Morgan fingerprint density at radius 3 is 2.32 bits per heavy atom. The standard InChI is InChI=1S/C17H17NO3S/c19-17(15-7-2-1-3-8-15)13-22(20,21)18-11-10-14-6-4-5-9-16(14)12-18/h1-9H,10-13H2. The molecular weight excluding hydrogens is 298 g/mol. The Balaban J connectivity index is 1.76. The van der Waals surface area contributed by atoms with Crippen molar-refractivity contribution in [2.75, 3.05) is 12.3 Å². The summed E-state index contributed by atoms with van der Waals surface area (Å²) in [5.74, 6) is -0.835. The van der Waals surface area contributed by atoms with E-state index < -0.39 is 15.8 Å². The maximum absolute atomic E-state index is 12.5. The van der Waals surface area contributed by atoms with Gasteiger partial charge in [0, 0.05) is 18.7 Å². The average Bonchev–Trinajstić information content (AvgIpc) is 2.55. The molecule has 3 rings (SSSR count). The largest absolute Gasteiger partial charge is 0.293 e. The highest BCUT2D eigenvalue weighted by molar-refractivity contribution is 7.89. The summed E-state index contributed by atoms with van der Waals surface area (Å²) in [5, 5.41) is 0. The first-order chi connectivity index (χ1) is 10.6. The van der Waals surface area contributed by atoms with E-state index in [4.69, 9.17) is 0 Å². The minimum Gasteiger partial charge on any atom is -0.293 e. The van der Waals surface area contributed by atoms with E-state index in [1.807, 2.05) is 24.3 Å². The molecule has 0 bridgehead atoms. The maximum atomic E-state index is 12.5. The molecule has 5 heteroatoms. The molecule has 0 atom stereocenters. The Morgan fingerprint density at radius 1 is 0.955 bits per heavy atom. The Morgan fingerprint density at radius 2 is 1.59 bits per heavy atom. The fraction of sp³-hybridized carbons (Fsp3) is 0.235. The summed E-state index contributed by atoms with van der Waals surface area (Å²) >= 11 is 0. The van der Waals surface area contributed by atoms with Crippen LogP contribution < -0.4 is 0 Å². The van der Waals surface area contributed by atoms with Crippen molar-refractivity contribution in [3.8, 4) is 0 Å². The molecule has 0 fully saturated rings. The summed E-state index contributed by atoms with van der Waals surface area (Å²) in [6.07, 6.45) is 0.689. The van der Waals surface area contributed by atoms with E-state index in [2.05, 4.69) is 0 Å². The molecule has 2 aromatic carbocycles. The predicted octanol–water partition coefficient (Wildman–Crippen LogP) is 2.26. The van der Waals surface area contributed by atoms with Gasteiger partial charge in [-0.25, -0.2) is 8.42 Å². The molecule has 1 aliphatic heterocycles. The van der Waals surface area contributed by atoms with Gasteiger partial charge in [0.05, 0.1) is 0 Å².